The first-order chi connectivity index (χ1) is 14.1. The number of rotatable bonds is 5. The molecule has 0 bridgehead atoms. The number of benzene rings is 2. The Bertz CT molecular complexity index is 984. The molecule has 0 aliphatic carbocycles. The van der Waals surface area contributed by atoms with Crippen molar-refractivity contribution in [2.45, 2.75) is 0 Å². The number of carbonyl (C=O) groups is 1. The Morgan fingerprint density at radius 3 is 2.45 bits per heavy atom. The number of para-hydroxylation sites is 1. The van der Waals surface area contributed by atoms with Gasteiger partial charge in [-0.05, 0) is 51.8 Å². The molecule has 2 aromatic rings. The summed E-state index contributed by atoms with van der Waals surface area (Å²) in [6, 6.07) is 19.2. The first-order valence-electron chi connectivity index (χ1n) is 9.12. The second kappa shape index (κ2) is 9.77. The van der Waals surface area contributed by atoms with Crippen molar-refractivity contribution in [3.8, 4) is 17.9 Å². The smallest absolute Gasteiger partial charge is 0.264 e. The van der Waals surface area contributed by atoms with Crippen LogP contribution in [0.5, 0.6) is 5.75 Å². The maximum absolute atomic E-state index is 12.8. The molecule has 1 saturated heterocycles. The van der Waals surface area contributed by atoms with Gasteiger partial charge >= 0.3 is 0 Å². The number of nitriles is 2. The average molecular weight is 451 g/mol. The number of hydrogen-bond donors (Lipinski definition) is 0. The fraction of sp³-hybridized carbons (Fsp3) is 0.227. The van der Waals surface area contributed by atoms with Crippen molar-refractivity contribution in [3.05, 3.63) is 64.1 Å². The van der Waals surface area contributed by atoms with Gasteiger partial charge in [0.25, 0.3) is 5.91 Å². The highest BCUT2D eigenvalue weighted by Crippen LogP contribution is 2.27. The zero-order valence-electron chi connectivity index (χ0n) is 15.7. The van der Waals surface area contributed by atoms with E-state index in [1.165, 1.54) is 0 Å². The van der Waals surface area contributed by atoms with Gasteiger partial charge in [0.05, 0.1) is 4.47 Å². The Hall–Kier alpha value is -3.29. The van der Waals surface area contributed by atoms with Gasteiger partial charge in [0.2, 0.25) is 0 Å². The molecule has 1 heterocycles. The van der Waals surface area contributed by atoms with Gasteiger partial charge in [-0.1, -0.05) is 24.3 Å². The van der Waals surface area contributed by atoms with Gasteiger partial charge in [-0.3, -0.25) is 4.79 Å². The van der Waals surface area contributed by atoms with Crippen LogP contribution < -0.4 is 9.64 Å². The lowest BCUT2D eigenvalue weighted by Crippen LogP contribution is -2.49. The van der Waals surface area contributed by atoms with Crippen molar-refractivity contribution < 1.29 is 9.53 Å². The third-order valence-electron chi connectivity index (χ3n) is 4.60. The van der Waals surface area contributed by atoms with Crippen molar-refractivity contribution in [2.24, 2.45) is 0 Å². The Labute approximate surface area is 178 Å². The molecule has 29 heavy (non-hydrogen) atoms. The molecule has 146 valence electrons. The van der Waals surface area contributed by atoms with Crippen LogP contribution in [-0.4, -0.2) is 43.6 Å². The van der Waals surface area contributed by atoms with Gasteiger partial charge in [-0.2, -0.15) is 10.5 Å². The average Bonchev–Trinajstić information content (AvgIpc) is 2.77. The summed E-state index contributed by atoms with van der Waals surface area (Å²) in [6.07, 6.45) is 1.57. The number of amides is 1. The highest BCUT2D eigenvalue weighted by atomic mass is 79.9. The summed E-state index contributed by atoms with van der Waals surface area (Å²) in [4.78, 5) is 16.8. The molecule has 0 spiro atoms. The topological polar surface area (TPSA) is 80.4 Å². The standard InChI is InChI=1S/C22H19BrN4O2/c23-20-15-17(6-7-21(20)29-13-8-24)14-18(16-25)22(28)27-11-9-26(10-12-27)19-4-2-1-3-5-19/h1-7,14-15H,9-13H2/b18-14+. The number of anilines is 1. The van der Waals surface area contributed by atoms with E-state index >= 15 is 0 Å². The zero-order chi connectivity index (χ0) is 20.6. The van der Waals surface area contributed by atoms with Crippen molar-refractivity contribution in [2.75, 3.05) is 37.7 Å². The van der Waals surface area contributed by atoms with E-state index in [9.17, 15) is 10.1 Å². The van der Waals surface area contributed by atoms with Crippen LogP contribution in [0.4, 0.5) is 5.69 Å². The quantitative estimate of drug-likeness (QED) is 0.513. The van der Waals surface area contributed by atoms with Gasteiger partial charge in [0.15, 0.2) is 6.61 Å². The first-order valence-corrected chi connectivity index (χ1v) is 9.92. The predicted octanol–water partition coefficient (Wildman–Crippen LogP) is 3.61. The third kappa shape index (κ3) is 5.16. The number of hydrogen-bond acceptors (Lipinski definition) is 5. The SMILES string of the molecule is N#CCOc1ccc(/C=C(\C#N)C(=O)N2CCN(c3ccccc3)CC2)cc1Br. The second-order valence-corrected chi connectivity index (χ2v) is 7.28. The molecular formula is C22H19BrN4O2. The van der Waals surface area contributed by atoms with E-state index in [0.29, 0.717) is 28.9 Å². The molecule has 0 atom stereocenters. The molecule has 7 heteroatoms. The maximum Gasteiger partial charge on any atom is 0.264 e. The summed E-state index contributed by atoms with van der Waals surface area (Å²) in [6.45, 7) is 2.54. The molecule has 1 amide bonds. The number of halogens is 1. The van der Waals surface area contributed by atoms with Gasteiger partial charge in [0.1, 0.15) is 23.5 Å². The minimum absolute atomic E-state index is 0.0509. The summed E-state index contributed by atoms with van der Waals surface area (Å²) in [5, 5.41) is 18.1. The lowest BCUT2D eigenvalue weighted by atomic mass is 10.1. The van der Waals surface area contributed by atoms with E-state index < -0.39 is 0 Å². The van der Waals surface area contributed by atoms with Crippen molar-refractivity contribution in [3.63, 3.8) is 0 Å². The zero-order valence-corrected chi connectivity index (χ0v) is 17.3. The number of nitrogens with zero attached hydrogens (tertiary/aromatic N) is 4. The van der Waals surface area contributed by atoms with E-state index in [-0.39, 0.29) is 18.1 Å². The number of piperazine rings is 1. The highest BCUT2D eigenvalue weighted by molar-refractivity contribution is 9.10. The highest BCUT2D eigenvalue weighted by Gasteiger charge is 2.23. The van der Waals surface area contributed by atoms with E-state index in [1.807, 2.05) is 30.3 Å². The predicted molar refractivity (Wildman–Crippen MR) is 114 cm³/mol. The van der Waals surface area contributed by atoms with Crippen LogP contribution in [-0.2, 0) is 4.79 Å². The lowest BCUT2D eigenvalue weighted by molar-refractivity contribution is -0.126. The Morgan fingerprint density at radius 2 is 1.83 bits per heavy atom. The molecule has 0 N–H and O–H groups in total. The maximum atomic E-state index is 12.8. The second-order valence-electron chi connectivity index (χ2n) is 6.42. The van der Waals surface area contributed by atoms with Crippen LogP contribution >= 0.6 is 15.9 Å². The summed E-state index contributed by atoms with van der Waals surface area (Å²) in [5.74, 6) is 0.270. The molecule has 1 aliphatic rings. The molecule has 1 aliphatic heterocycles. The Balaban J connectivity index is 1.67. The van der Waals surface area contributed by atoms with Crippen molar-refractivity contribution in [1.82, 2.24) is 4.90 Å². The van der Waals surface area contributed by atoms with E-state index in [0.717, 1.165) is 18.8 Å². The monoisotopic (exact) mass is 450 g/mol. The normalized spacial score (nSPS) is 14.1. The molecule has 6 nitrogen and oxygen atoms in total. The third-order valence-corrected chi connectivity index (χ3v) is 5.22. The van der Waals surface area contributed by atoms with Crippen molar-refractivity contribution in [1.29, 1.82) is 10.5 Å². The Morgan fingerprint density at radius 1 is 1.10 bits per heavy atom. The summed E-state index contributed by atoms with van der Waals surface area (Å²) < 4.78 is 5.94. The lowest BCUT2D eigenvalue weighted by Gasteiger charge is -2.36. The molecule has 0 radical (unpaired) electrons. The molecule has 3 rings (SSSR count). The van der Waals surface area contributed by atoms with E-state index in [4.69, 9.17) is 10.00 Å². The van der Waals surface area contributed by atoms with E-state index in [2.05, 4.69) is 33.0 Å². The van der Waals surface area contributed by atoms with E-state index in [1.54, 1.807) is 29.2 Å². The van der Waals surface area contributed by atoms with Gasteiger partial charge in [-0.15, -0.1) is 0 Å². The molecule has 1 fully saturated rings. The van der Waals surface area contributed by atoms with Crippen LogP contribution in [0.1, 0.15) is 5.56 Å². The molecule has 0 aromatic heterocycles. The summed E-state index contributed by atoms with van der Waals surface area (Å²) in [7, 11) is 0. The fourth-order valence-corrected chi connectivity index (χ4v) is 3.63. The first kappa shape index (κ1) is 20.4. The molecule has 0 saturated carbocycles. The number of carbonyl (C=O) groups excluding carboxylic acids is 1. The van der Waals surface area contributed by atoms with Crippen LogP contribution in [0.15, 0.2) is 58.6 Å². The van der Waals surface area contributed by atoms with Crippen molar-refractivity contribution >= 4 is 33.6 Å². The van der Waals surface area contributed by atoms with Gasteiger partial charge in [-0.25, -0.2) is 0 Å². The Kier molecular flexibility index (Phi) is 6.89. The summed E-state index contributed by atoms with van der Waals surface area (Å²) in [5.41, 5.74) is 1.93. The van der Waals surface area contributed by atoms with Gasteiger partial charge in [0, 0.05) is 31.9 Å². The minimum Gasteiger partial charge on any atom is -0.478 e. The fourth-order valence-electron chi connectivity index (χ4n) is 3.12. The summed E-state index contributed by atoms with van der Waals surface area (Å²) >= 11 is 3.38. The van der Waals surface area contributed by atoms with Crippen LogP contribution in [0.2, 0.25) is 0 Å². The van der Waals surface area contributed by atoms with Crippen LogP contribution in [0.25, 0.3) is 6.08 Å². The van der Waals surface area contributed by atoms with Crippen LogP contribution in [0, 0.1) is 22.7 Å². The molecule has 0 unspecified atom stereocenters. The molecule has 2 aromatic carbocycles. The van der Waals surface area contributed by atoms with Gasteiger partial charge < -0.3 is 14.5 Å². The van der Waals surface area contributed by atoms with Crippen LogP contribution in [0.3, 0.4) is 0 Å². The largest absolute Gasteiger partial charge is 0.478 e. The number of ether oxygens (including phenoxy) is 1. The molecular weight excluding hydrogens is 432 g/mol. The minimum atomic E-state index is -0.263.